The number of hydrogen-bond donors (Lipinski definition) is 0. The third-order valence-corrected chi connectivity index (χ3v) is 8.16. The predicted octanol–water partition coefficient (Wildman–Crippen LogP) is 5.00. The van der Waals surface area contributed by atoms with Gasteiger partial charge in [-0.05, 0) is 61.2 Å². The van der Waals surface area contributed by atoms with Crippen molar-refractivity contribution >= 4 is 21.9 Å². The van der Waals surface area contributed by atoms with E-state index in [1.165, 1.54) is 11.8 Å². The first-order chi connectivity index (χ1) is 14.9. The minimum atomic E-state index is -3.82. The van der Waals surface area contributed by atoms with Crippen LogP contribution in [0.4, 0.5) is 4.39 Å². The third-order valence-electron chi connectivity index (χ3n) is 5.79. The molecule has 1 aromatic heterocycles. The van der Waals surface area contributed by atoms with Gasteiger partial charge in [0.15, 0.2) is 12.0 Å². The summed E-state index contributed by atoms with van der Waals surface area (Å²) in [5, 5.41) is 4.94. The third kappa shape index (κ3) is 4.02. The van der Waals surface area contributed by atoms with Gasteiger partial charge in [0.25, 0.3) is 10.1 Å². The molecule has 1 aliphatic heterocycles. The molecule has 5 rings (SSSR count). The number of benzene rings is 2. The second-order valence-electron chi connectivity index (χ2n) is 7.96. The summed E-state index contributed by atoms with van der Waals surface area (Å²) < 4.78 is 46.8. The number of nitrogens with zero attached hydrogens (tertiary/aromatic N) is 3. The molecule has 0 N–H and O–H groups in total. The zero-order valence-electron chi connectivity index (χ0n) is 16.9. The molecule has 2 atom stereocenters. The lowest BCUT2D eigenvalue weighted by atomic mass is 9.97. The Labute approximate surface area is 185 Å². The maximum absolute atomic E-state index is 14.6. The van der Waals surface area contributed by atoms with Crippen LogP contribution >= 0.6 is 11.8 Å². The van der Waals surface area contributed by atoms with Crippen molar-refractivity contribution in [3.8, 4) is 0 Å². The highest BCUT2D eigenvalue weighted by atomic mass is 32.2. The van der Waals surface area contributed by atoms with E-state index in [-0.39, 0.29) is 17.0 Å². The van der Waals surface area contributed by atoms with E-state index in [0.717, 1.165) is 30.4 Å². The molecule has 6 nitrogen and oxygen atoms in total. The minimum Gasteiger partial charge on any atom is -0.263 e. The SMILES string of the molecule is Cc1ccc(S(=O)(=O)OC2CCC2)cc1Sc1nc2n(n1)[C@H](c1ccccc1)C[C@@H]2F. The fraction of sp³-hybridized carbons (Fsp3) is 0.364. The molecule has 0 bridgehead atoms. The van der Waals surface area contributed by atoms with Crippen molar-refractivity contribution in [3.63, 3.8) is 0 Å². The lowest BCUT2D eigenvalue weighted by Gasteiger charge is -2.24. The molecular weight excluding hydrogens is 437 g/mol. The standard InChI is InChI=1S/C22H22FN3O3S2/c1-14-10-11-17(31(27,28)29-16-8-5-9-16)12-20(14)30-22-24-21-18(23)13-19(26(21)25-22)15-6-3-2-4-7-15/h2-4,6-7,10-12,16,18-19H,5,8-9,13H2,1H3/t18-,19-/m0/s1. The lowest BCUT2D eigenvalue weighted by molar-refractivity contribution is 0.127. The van der Waals surface area contributed by atoms with Gasteiger partial charge in [0.1, 0.15) is 0 Å². The molecule has 0 unspecified atom stereocenters. The van der Waals surface area contributed by atoms with Crippen LogP contribution in [0.15, 0.2) is 63.5 Å². The van der Waals surface area contributed by atoms with Crippen LogP contribution in [-0.4, -0.2) is 29.3 Å². The molecule has 2 heterocycles. The van der Waals surface area contributed by atoms with Crippen LogP contribution < -0.4 is 0 Å². The molecule has 2 aliphatic rings. The number of rotatable bonds is 6. The number of aromatic nitrogens is 3. The first-order valence-electron chi connectivity index (χ1n) is 10.3. The van der Waals surface area contributed by atoms with Gasteiger partial charge >= 0.3 is 0 Å². The van der Waals surface area contributed by atoms with Gasteiger partial charge in [-0.2, -0.15) is 8.42 Å². The zero-order valence-corrected chi connectivity index (χ0v) is 18.6. The van der Waals surface area contributed by atoms with Gasteiger partial charge in [-0.15, -0.1) is 5.10 Å². The van der Waals surface area contributed by atoms with E-state index in [1.807, 2.05) is 37.3 Å². The largest absolute Gasteiger partial charge is 0.297 e. The van der Waals surface area contributed by atoms with Gasteiger partial charge in [0.2, 0.25) is 5.16 Å². The highest BCUT2D eigenvalue weighted by Crippen LogP contribution is 2.41. The Morgan fingerprint density at radius 2 is 1.94 bits per heavy atom. The first-order valence-corrected chi connectivity index (χ1v) is 12.5. The Bertz CT molecular complexity index is 1210. The van der Waals surface area contributed by atoms with E-state index >= 15 is 0 Å². The minimum absolute atomic E-state index is 0.116. The maximum atomic E-state index is 14.6. The highest BCUT2D eigenvalue weighted by molar-refractivity contribution is 7.99. The summed E-state index contributed by atoms with van der Waals surface area (Å²) in [7, 11) is -3.82. The normalized spacial score (nSPS) is 21.1. The van der Waals surface area contributed by atoms with Crippen LogP contribution in [-0.2, 0) is 14.3 Å². The smallest absolute Gasteiger partial charge is 0.263 e. The second kappa shape index (κ2) is 8.03. The molecule has 0 amide bonds. The molecular formula is C22H22FN3O3S2. The van der Waals surface area contributed by atoms with Crippen molar-refractivity contribution < 1.29 is 17.0 Å². The Morgan fingerprint density at radius 1 is 1.16 bits per heavy atom. The Kier molecular flexibility index (Phi) is 5.35. The molecule has 3 aromatic rings. The van der Waals surface area contributed by atoms with Crippen molar-refractivity contribution in [3.05, 3.63) is 65.5 Å². The highest BCUT2D eigenvalue weighted by Gasteiger charge is 2.35. The number of aryl methyl sites for hydroxylation is 1. The summed E-state index contributed by atoms with van der Waals surface area (Å²) in [4.78, 5) is 5.22. The van der Waals surface area contributed by atoms with E-state index < -0.39 is 16.3 Å². The van der Waals surface area contributed by atoms with Crippen LogP contribution in [0.2, 0.25) is 0 Å². The Morgan fingerprint density at radius 3 is 2.65 bits per heavy atom. The predicted molar refractivity (Wildman–Crippen MR) is 114 cm³/mol. The summed E-state index contributed by atoms with van der Waals surface area (Å²) in [5.41, 5.74) is 1.88. The van der Waals surface area contributed by atoms with Gasteiger partial charge in [0.05, 0.1) is 17.0 Å². The van der Waals surface area contributed by atoms with Crippen molar-refractivity contribution in [1.29, 1.82) is 0 Å². The van der Waals surface area contributed by atoms with Crippen molar-refractivity contribution in [2.75, 3.05) is 0 Å². The molecule has 9 heteroatoms. The summed E-state index contributed by atoms with van der Waals surface area (Å²) in [6.45, 7) is 1.89. The number of alkyl halides is 1. The summed E-state index contributed by atoms with van der Waals surface area (Å²) in [6.07, 6.45) is 1.43. The zero-order chi connectivity index (χ0) is 21.6. The average Bonchev–Trinajstić information content (AvgIpc) is 3.27. The van der Waals surface area contributed by atoms with Crippen molar-refractivity contribution in [1.82, 2.24) is 14.8 Å². The molecule has 0 radical (unpaired) electrons. The molecule has 0 saturated heterocycles. The molecule has 1 aliphatic carbocycles. The van der Waals surface area contributed by atoms with Crippen LogP contribution in [0.3, 0.4) is 0 Å². The van der Waals surface area contributed by atoms with E-state index in [2.05, 4.69) is 10.1 Å². The molecule has 1 saturated carbocycles. The van der Waals surface area contributed by atoms with E-state index in [4.69, 9.17) is 4.18 Å². The van der Waals surface area contributed by atoms with Gasteiger partial charge in [-0.1, -0.05) is 36.4 Å². The summed E-state index contributed by atoms with van der Waals surface area (Å²) >= 11 is 1.24. The lowest BCUT2D eigenvalue weighted by Crippen LogP contribution is -2.25. The number of halogens is 1. The average molecular weight is 460 g/mol. The van der Waals surface area contributed by atoms with Crippen LogP contribution in [0.5, 0.6) is 0 Å². The quantitative estimate of drug-likeness (QED) is 0.483. The second-order valence-corrected chi connectivity index (χ2v) is 10.5. The van der Waals surface area contributed by atoms with Gasteiger partial charge in [-0.3, -0.25) is 4.18 Å². The molecule has 31 heavy (non-hydrogen) atoms. The summed E-state index contributed by atoms with van der Waals surface area (Å²) in [5.74, 6) is 0.311. The number of hydrogen-bond acceptors (Lipinski definition) is 6. The number of fused-ring (bicyclic) bond motifs is 1. The van der Waals surface area contributed by atoms with Crippen LogP contribution in [0, 0.1) is 6.92 Å². The summed E-state index contributed by atoms with van der Waals surface area (Å²) in [6, 6.07) is 14.4. The maximum Gasteiger partial charge on any atom is 0.297 e. The monoisotopic (exact) mass is 459 g/mol. The molecule has 0 spiro atoms. The van der Waals surface area contributed by atoms with Gasteiger partial charge in [-0.25, -0.2) is 14.1 Å². The molecule has 2 aromatic carbocycles. The Hall–Kier alpha value is -2.23. The molecule has 1 fully saturated rings. The van der Waals surface area contributed by atoms with Crippen LogP contribution in [0.1, 0.15) is 54.8 Å². The van der Waals surface area contributed by atoms with Gasteiger partial charge in [0, 0.05) is 11.3 Å². The van der Waals surface area contributed by atoms with Gasteiger partial charge < -0.3 is 0 Å². The fourth-order valence-corrected chi connectivity index (χ4v) is 5.91. The van der Waals surface area contributed by atoms with Crippen molar-refractivity contribution in [2.24, 2.45) is 0 Å². The fourth-order valence-electron chi connectivity index (χ4n) is 3.80. The van der Waals surface area contributed by atoms with E-state index in [9.17, 15) is 12.8 Å². The Balaban J connectivity index is 1.41. The topological polar surface area (TPSA) is 74.1 Å². The van der Waals surface area contributed by atoms with Crippen LogP contribution in [0.25, 0.3) is 0 Å². The van der Waals surface area contributed by atoms with E-state index in [1.54, 1.807) is 22.9 Å². The van der Waals surface area contributed by atoms with Crippen molar-refractivity contribution in [2.45, 2.75) is 65.9 Å². The van der Waals surface area contributed by atoms with E-state index in [0.29, 0.717) is 22.3 Å². The molecule has 162 valence electrons. The first kappa shape index (κ1) is 20.7.